The molecule has 1 heterocycles. The maximum Gasteiger partial charge on any atom is 0.416 e. The molecule has 1 atom stereocenters. The number of benzene rings is 2. The number of aliphatic carboxylic acids is 1. The van der Waals surface area contributed by atoms with E-state index in [4.69, 9.17) is 5.11 Å². The quantitative estimate of drug-likeness (QED) is 0.197. The molecule has 0 radical (unpaired) electrons. The van der Waals surface area contributed by atoms with Gasteiger partial charge in [0.15, 0.2) is 0 Å². The number of nitrogens with one attached hydrogen (secondary N) is 1. The third-order valence-corrected chi connectivity index (χ3v) is 7.12. The van der Waals surface area contributed by atoms with Gasteiger partial charge in [-0.15, -0.1) is 0 Å². The first-order chi connectivity index (χ1) is 17.4. The maximum absolute atomic E-state index is 14.5. The molecule has 0 aliphatic heterocycles. The number of aromatic nitrogens is 2. The standard InChI is InChI=1S/C25H24F4IN3O4/c1-15-22(30)23(36)33(14-20(16-7-3-2-4-8-16)31-12-6-11-21(34)35)24(37)32(15)13-17-18(25(27,28)29)9-5-10-19(17)26/h2-5,7-10,20,31H,6,11-14H2,1H3,(H,34,35)/t20-/m0/s1. The van der Waals surface area contributed by atoms with Crippen molar-refractivity contribution in [1.29, 1.82) is 0 Å². The third kappa shape index (κ3) is 6.86. The zero-order valence-electron chi connectivity index (χ0n) is 19.7. The predicted molar refractivity (Wildman–Crippen MR) is 137 cm³/mol. The Bertz CT molecular complexity index is 1390. The Morgan fingerprint density at radius 1 is 1.08 bits per heavy atom. The van der Waals surface area contributed by atoms with Crippen molar-refractivity contribution in [2.24, 2.45) is 0 Å². The Balaban J connectivity index is 2.06. The van der Waals surface area contributed by atoms with Crippen LogP contribution in [0.5, 0.6) is 0 Å². The van der Waals surface area contributed by atoms with Crippen molar-refractivity contribution >= 4 is 28.6 Å². The van der Waals surface area contributed by atoms with Crippen LogP contribution in [-0.4, -0.2) is 26.8 Å². The fourth-order valence-electron chi connectivity index (χ4n) is 3.93. The van der Waals surface area contributed by atoms with E-state index in [1.54, 1.807) is 52.9 Å². The Morgan fingerprint density at radius 3 is 2.38 bits per heavy atom. The van der Waals surface area contributed by atoms with Crippen molar-refractivity contribution < 1.29 is 27.5 Å². The zero-order chi connectivity index (χ0) is 27.3. The summed E-state index contributed by atoms with van der Waals surface area (Å²) in [6.07, 6.45) is -4.61. The summed E-state index contributed by atoms with van der Waals surface area (Å²) in [7, 11) is 0. The minimum atomic E-state index is -4.84. The Labute approximate surface area is 222 Å². The van der Waals surface area contributed by atoms with Gasteiger partial charge in [0, 0.05) is 17.7 Å². The summed E-state index contributed by atoms with van der Waals surface area (Å²) in [4.78, 5) is 37.4. The SMILES string of the molecule is Cc1c(I)c(=O)n(C[C@H](NCCCC(=O)O)c2ccccc2)c(=O)n1Cc1c(F)cccc1C(F)(F)F. The Kier molecular flexibility index (Phi) is 9.29. The average Bonchev–Trinajstić information content (AvgIpc) is 2.85. The molecular weight excluding hydrogens is 609 g/mol. The second-order valence-corrected chi connectivity index (χ2v) is 9.44. The van der Waals surface area contributed by atoms with Gasteiger partial charge in [0.2, 0.25) is 0 Å². The van der Waals surface area contributed by atoms with Crippen LogP contribution >= 0.6 is 22.6 Å². The summed E-state index contributed by atoms with van der Waals surface area (Å²) >= 11 is 1.72. The van der Waals surface area contributed by atoms with Crippen molar-refractivity contribution in [3.63, 3.8) is 0 Å². The molecule has 0 amide bonds. The number of hydrogen-bond acceptors (Lipinski definition) is 4. The van der Waals surface area contributed by atoms with Crippen LogP contribution in [0.2, 0.25) is 0 Å². The van der Waals surface area contributed by atoms with Gasteiger partial charge in [-0.25, -0.2) is 9.18 Å². The Morgan fingerprint density at radius 2 is 1.76 bits per heavy atom. The van der Waals surface area contributed by atoms with E-state index in [0.717, 1.165) is 32.9 Å². The summed E-state index contributed by atoms with van der Waals surface area (Å²) in [6, 6.07) is 10.8. The number of alkyl halides is 3. The van der Waals surface area contributed by atoms with Crippen molar-refractivity contribution in [2.75, 3.05) is 6.54 Å². The second-order valence-electron chi connectivity index (χ2n) is 8.36. The molecular formula is C25H24F4IN3O4. The largest absolute Gasteiger partial charge is 0.481 e. The van der Waals surface area contributed by atoms with E-state index in [9.17, 15) is 31.9 Å². The van der Waals surface area contributed by atoms with Crippen molar-refractivity contribution in [3.8, 4) is 0 Å². The van der Waals surface area contributed by atoms with E-state index in [-0.39, 0.29) is 28.8 Å². The highest BCUT2D eigenvalue weighted by molar-refractivity contribution is 14.1. The molecule has 0 fully saturated rings. The van der Waals surface area contributed by atoms with Gasteiger partial charge in [-0.1, -0.05) is 36.4 Å². The van der Waals surface area contributed by atoms with Crippen LogP contribution in [0.4, 0.5) is 17.6 Å². The van der Waals surface area contributed by atoms with Crippen molar-refractivity contribution in [2.45, 2.75) is 45.1 Å². The molecule has 0 aliphatic rings. The molecule has 0 unspecified atom stereocenters. The number of hydrogen-bond donors (Lipinski definition) is 2. The predicted octanol–water partition coefficient (Wildman–Crippen LogP) is 4.32. The number of carboxylic acid groups (broad SMARTS) is 1. The minimum absolute atomic E-state index is 0.0755. The zero-order valence-corrected chi connectivity index (χ0v) is 21.8. The first kappa shape index (κ1) is 28.6. The van der Waals surface area contributed by atoms with Gasteiger partial charge < -0.3 is 10.4 Å². The normalized spacial score (nSPS) is 12.5. The van der Waals surface area contributed by atoms with E-state index in [2.05, 4.69) is 5.32 Å². The lowest BCUT2D eigenvalue weighted by Crippen LogP contribution is -2.45. The lowest BCUT2D eigenvalue weighted by molar-refractivity contribution is -0.138. The summed E-state index contributed by atoms with van der Waals surface area (Å²) in [5.41, 5.74) is -2.57. The second kappa shape index (κ2) is 12.0. The molecule has 2 N–H and O–H groups in total. The van der Waals surface area contributed by atoms with Crippen LogP contribution in [0.15, 0.2) is 58.1 Å². The molecule has 0 bridgehead atoms. The van der Waals surface area contributed by atoms with Crippen molar-refractivity contribution in [3.05, 3.63) is 101 Å². The fourth-order valence-corrected chi connectivity index (χ4v) is 4.51. The molecule has 2 aromatic carbocycles. The molecule has 0 saturated carbocycles. The topological polar surface area (TPSA) is 93.3 Å². The van der Waals surface area contributed by atoms with Gasteiger partial charge in [0.1, 0.15) is 5.82 Å². The number of rotatable bonds is 10. The lowest BCUT2D eigenvalue weighted by Gasteiger charge is -2.22. The van der Waals surface area contributed by atoms with Crippen LogP contribution < -0.4 is 16.6 Å². The third-order valence-electron chi connectivity index (χ3n) is 5.88. The lowest BCUT2D eigenvalue weighted by atomic mass is 10.1. The first-order valence-corrected chi connectivity index (χ1v) is 12.3. The Hall–Kier alpha value is -3.00. The summed E-state index contributed by atoms with van der Waals surface area (Å²) in [5, 5.41) is 12.0. The van der Waals surface area contributed by atoms with Gasteiger partial charge in [-0.3, -0.25) is 18.7 Å². The van der Waals surface area contributed by atoms with Gasteiger partial charge in [-0.05, 0) is 60.2 Å². The number of carbonyl (C=O) groups is 1. The molecule has 0 aliphatic carbocycles. The van der Waals surface area contributed by atoms with Crippen LogP contribution in [-0.2, 0) is 24.1 Å². The number of halogens is 5. The molecule has 0 saturated heterocycles. The fraction of sp³-hybridized carbons (Fsp3) is 0.320. The highest BCUT2D eigenvalue weighted by Crippen LogP contribution is 2.33. The summed E-state index contributed by atoms with van der Waals surface area (Å²) < 4.78 is 57.2. The first-order valence-electron chi connectivity index (χ1n) is 11.3. The number of carboxylic acids is 1. The molecule has 37 heavy (non-hydrogen) atoms. The van der Waals surface area contributed by atoms with Gasteiger partial charge in [0.25, 0.3) is 5.56 Å². The average molecular weight is 633 g/mol. The van der Waals surface area contributed by atoms with Gasteiger partial charge in [0.05, 0.1) is 28.3 Å². The molecule has 0 spiro atoms. The van der Waals surface area contributed by atoms with Crippen LogP contribution in [0.1, 0.15) is 41.3 Å². The van der Waals surface area contributed by atoms with E-state index < -0.39 is 52.9 Å². The van der Waals surface area contributed by atoms with Crippen LogP contribution in [0.25, 0.3) is 0 Å². The summed E-state index contributed by atoms with van der Waals surface area (Å²) in [5.74, 6) is -2.08. The molecule has 1 aromatic heterocycles. The highest BCUT2D eigenvalue weighted by Gasteiger charge is 2.35. The molecule has 3 aromatic rings. The van der Waals surface area contributed by atoms with E-state index in [0.29, 0.717) is 6.42 Å². The monoisotopic (exact) mass is 633 g/mol. The molecule has 198 valence electrons. The van der Waals surface area contributed by atoms with Crippen molar-refractivity contribution in [1.82, 2.24) is 14.5 Å². The van der Waals surface area contributed by atoms with Crippen LogP contribution in [0, 0.1) is 16.3 Å². The highest BCUT2D eigenvalue weighted by atomic mass is 127. The molecule has 3 rings (SSSR count). The van der Waals surface area contributed by atoms with Crippen LogP contribution in [0.3, 0.4) is 0 Å². The summed E-state index contributed by atoms with van der Waals surface area (Å²) in [6.45, 7) is 0.808. The van der Waals surface area contributed by atoms with Gasteiger partial charge >= 0.3 is 17.8 Å². The van der Waals surface area contributed by atoms with E-state index >= 15 is 0 Å². The van der Waals surface area contributed by atoms with Gasteiger partial charge in [-0.2, -0.15) is 13.2 Å². The smallest absolute Gasteiger partial charge is 0.416 e. The molecule has 7 nitrogen and oxygen atoms in total. The number of nitrogens with zero attached hydrogens (tertiary/aromatic N) is 2. The minimum Gasteiger partial charge on any atom is -0.481 e. The maximum atomic E-state index is 14.5. The van der Waals surface area contributed by atoms with E-state index in [1.165, 1.54) is 6.92 Å². The molecule has 12 heteroatoms. The van der Waals surface area contributed by atoms with E-state index in [1.807, 2.05) is 0 Å².